The lowest BCUT2D eigenvalue weighted by atomic mass is 9.86. The first-order valence-corrected chi connectivity index (χ1v) is 23.6. The largest absolute Gasteiger partial charge is 0.309 e. The van der Waals surface area contributed by atoms with Gasteiger partial charge in [-0.25, -0.2) is 0 Å². The summed E-state index contributed by atoms with van der Waals surface area (Å²) < 4.78 is 7.53. The molecule has 2 nitrogen and oxygen atoms in total. The molecular weight excluding hydrogens is 805 g/mol. The number of fused-ring (bicyclic) bond motifs is 9. The van der Waals surface area contributed by atoms with Crippen LogP contribution in [-0.4, -0.2) is 9.13 Å². The van der Waals surface area contributed by atoms with E-state index >= 15 is 0 Å². The molecule has 0 radical (unpaired) electrons. The number of benzene rings is 9. The number of hydrogen-bond donors (Lipinski definition) is 0. The van der Waals surface area contributed by atoms with Crippen LogP contribution in [0.4, 0.5) is 0 Å². The highest BCUT2D eigenvalue weighted by atomic mass is 32.1. The second kappa shape index (κ2) is 14.7. The van der Waals surface area contributed by atoms with Crippen LogP contribution in [0.15, 0.2) is 194 Å². The molecule has 0 N–H and O–H groups in total. The molecule has 0 saturated carbocycles. The maximum Gasteiger partial charge on any atom is 0.0541 e. The molecule has 314 valence electrons. The van der Waals surface area contributed by atoms with Gasteiger partial charge < -0.3 is 9.13 Å². The van der Waals surface area contributed by atoms with E-state index in [2.05, 4.69) is 245 Å². The molecule has 0 aliphatic heterocycles. The number of nitrogens with zero attached hydrogens (tertiary/aromatic N) is 2. The summed E-state index contributed by atoms with van der Waals surface area (Å²) in [5.41, 5.74) is 17.3. The van der Waals surface area contributed by atoms with Crippen molar-refractivity contribution in [2.24, 2.45) is 0 Å². The Hall–Kier alpha value is -7.20. The first-order chi connectivity index (χ1) is 31.5. The van der Waals surface area contributed by atoms with Crippen molar-refractivity contribution in [3.63, 3.8) is 0 Å². The Labute approximate surface area is 384 Å². The fourth-order valence-electron chi connectivity index (χ4n) is 10.1. The smallest absolute Gasteiger partial charge is 0.0541 e. The van der Waals surface area contributed by atoms with Crippen LogP contribution < -0.4 is 0 Å². The molecule has 12 aromatic rings. The summed E-state index contributed by atoms with van der Waals surface area (Å²) in [5.74, 6) is 0. The van der Waals surface area contributed by atoms with Crippen LogP contribution in [0.5, 0.6) is 0 Å². The van der Waals surface area contributed by atoms with Crippen LogP contribution in [0.2, 0.25) is 0 Å². The summed E-state index contributed by atoms with van der Waals surface area (Å²) in [7, 11) is 0. The molecule has 65 heavy (non-hydrogen) atoms. The number of rotatable bonds is 5. The summed E-state index contributed by atoms with van der Waals surface area (Å²) in [6, 6.07) is 72.8. The third-order valence-electron chi connectivity index (χ3n) is 13.6. The molecule has 0 amide bonds. The van der Waals surface area contributed by atoms with Gasteiger partial charge in [0.15, 0.2) is 0 Å². The van der Waals surface area contributed by atoms with Gasteiger partial charge >= 0.3 is 0 Å². The summed E-state index contributed by atoms with van der Waals surface area (Å²) in [5, 5.41) is 7.74. The fraction of sp³-hybridized carbons (Fsp3) is 0.129. The van der Waals surface area contributed by atoms with Crippen molar-refractivity contribution in [3.8, 4) is 44.8 Å². The van der Waals surface area contributed by atoms with Gasteiger partial charge in [-0.2, -0.15) is 0 Å². The Morgan fingerprint density at radius 1 is 0.292 bits per heavy atom. The maximum atomic E-state index is 2.47. The Morgan fingerprint density at radius 3 is 1.25 bits per heavy atom. The molecule has 3 aromatic heterocycles. The van der Waals surface area contributed by atoms with Gasteiger partial charge in [-0.15, -0.1) is 11.3 Å². The standard InChI is InChI=1S/C62H50N2S/c1-61(2,3)45-24-29-57-52(36-45)50-34-43(22-27-55(50)63(57)47-18-8-7-9-19-47)41-16-12-14-39(32-41)40-15-13-17-42(33-40)44-23-28-56-51(35-44)53-37-46(62(4,5)6)25-30-58(53)64(56)48-26-31-60-54(38-48)49-20-10-11-21-59(49)65-60/h7-38H,1-6H3. The van der Waals surface area contributed by atoms with Gasteiger partial charge in [0.1, 0.15) is 0 Å². The minimum atomic E-state index is 0.0280. The van der Waals surface area contributed by atoms with E-state index in [9.17, 15) is 0 Å². The molecule has 0 bridgehead atoms. The Morgan fingerprint density at radius 2 is 0.723 bits per heavy atom. The molecule has 3 heterocycles. The predicted molar refractivity (Wildman–Crippen MR) is 282 cm³/mol. The monoisotopic (exact) mass is 854 g/mol. The van der Waals surface area contributed by atoms with E-state index in [0.29, 0.717) is 0 Å². The normalized spacial score (nSPS) is 12.5. The Balaban J connectivity index is 0.955. The predicted octanol–water partition coefficient (Wildman–Crippen LogP) is 17.8. The number of thiophene rings is 1. The molecule has 0 aliphatic carbocycles. The quantitative estimate of drug-likeness (QED) is 0.163. The van der Waals surface area contributed by atoms with E-state index < -0.39 is 0 Å². The lowest BCUT2D eigenvalue weighted by Crippen LogP contribution is -2.10. The zero-order valence-electron chi connectivity index (χ0n) is 37.8. The third kappa shape index (κ3) is 6.60. The van der Waals surface area contributed by atoms with Crippen molar-refractivity contribution in [2.75, 3.05) is 0 Å². The highest BCUT2D eigenvalue weighted by Crippen LogP contribution is 2.42. The van der Waals surface area contributed by atoms with Gasteiger partial charge in [0.05, 0.1) is 22.1 Å². The summed E-state index contributed by atoms with van der Waals surface area (Å²) >= 11 is 1.87. The minimum Gasteiger partial charge on any atom is -0.309 e. The molecule has 0 aliphatic rings. The molecule has 9 aromatic carbocycles. The second-order valence-corrected chi connectivity index (χ2v) is 21.0. The zero-order chi connectivity index (χ0) is 44.2. The molecule has 0 atom stereocenters. The molecule has 12 rings (SSSR count). The van der Waals surface area contributed by atoms with Gasteiger partial charge in [-0.05, 0) is 152 Å². The molecule has 0 spiro atoms. The Bertz CT molecular complexity index is 3840. The SMILES string of the molecule is CC(C)(C)c1ccc2c(c1)c1cc(-c3cccc(-c4cccc(-c5ccc6c(c5)c5cc(C(C)(C)C)ccc5n6-c5ccc6sc7ccccc7c6c5)c4)c3)ccc1n2-c1ccccc1. The van der Waals surface area contributed by atoms with Gasteiger partial charge in [-0.3, -0.25) is 0 Å². The van der Waals surface area contributed by atoms with Crippen molar-refractivity contribution in [3.05, 3.63) is 205 Å². The number of hydrogen-bond acceptors (Lipinski definition) is 1. The summed E-state index contributed by atoms with van der Waals surface area (Å²) in [6.07, 6.45) is 0. The van der Waals surface area contributed by atoms with E-state index in [1.807, 2.05) is 11.3 Å². The van der Waals surface area contributed by atoms with Crippen molar-refractivity contribution in [1.82, 2.24) is 9.13 Å². The first-order valence-electron chi connectivity index (χ1n) is 22.8. The summed E-state index contributed by atoms with van der Waals surface area (Å²) in [4.78, 5) is 0. The van der Waals surface area contributed by atoms with E-state index in [4.69, 9.17) is 0 Å². The lowest BCUT2D eigenvalue weighted by molar-refractivity contribution is 0.591. The molecular formula is C62H50N2S. The topological polar surface area (TPSA) is 9.86 Å². The van der Waals surface area contributed by atoms with Crippen LogP contribution in [0, 0.1) is 0 Å². The third-order valence-corrected chi connectivity index (χ3v) is 14.8. The molecule has 3 heteroatoms. The van der Waals surface area contributed by atoms with E-state index in [1.165, 1.54) is 120 Å². The average molecular weight is 855 g/mol. The summed E-state index contributed by atoms with van der Waals surface area (Å²) in [6.45, 7) is 13.8. The lowest BCUT2D eigenvalue weighted by Gasteiger charge is -2.19. The van der Waals surface area contributed by atoms with Gasteiger partial charge in [-0.1, -0.05) is 139 Å². The number of aromatic nitrogens is 2. The van der Waals surface area contributed by atoms with Gasteiger partial charge in [0.2, 0.25) is 0 Å². The van der Waals surface area contributed by atoms with Gasteiger partial charge in [0, 0.05) is 53.1 Å². The highest BCUT2D eigenvalue weighted by Gasteiger charge is 2.21. The second-order valence-electron chi connectivity index (χ2n) is 19.9. The van der Waals surface area contributed by atoms with E-state index in [-0.39, 0.29) is 10.8 Å². The molecule has 0 fully saturated rings. The van der Waals surface area contributed by atoms with Crippen molar-refractivity contribution >= 4 is 75.1 Å². The minimum absolute atomic E-state index is 0.0280. The van der Waals surface area contributed by atoms with Crippen LogP contribution in [-0.2, 0) is 10.8 Å². The van der Waals surface area contributed by atoms with Crippen molar-refractivity contribution < 1.29 is 0 Å². The van der Waals surface area contributed by atoms with E-state index in [0.717, 1.165) is 0 Å². The van der Waals surface area contributed by atoms with Crippen LogP contribution in [0.25, 0.3) is 109 Å². The number of para-hydroxylation sites is 1. The fourth-order valence-corrected chi connectivity index (χ4v) is 11.2. The Kier molecular flexibility index (Phi) is 8.89. The zero-order valence-corrected chi connectivity index (χ0v) is 38.6. The van der Waals surface area contributed by atoms with Crippen molar-refractivity contribution in [1.29, 1.82) is 0 Å². The van der Waals surface area contributed by atoms with Gasteiger partial charge in [0.25, 0.3) is 0 Å². The van der Waals surface area contributed by atoms with Crippen LogP contribution in [0.3, 0.4) is 0 Å². The van der Waals surface area contributed by atoms with Crippen LogP contribution >= 0.6 is 11.3 Å². The van der Waals surface area contributed by atoms with Crippen molar-refractivity contribution in [2.45, 2.75) is 52.4 Å². The van der Waals surface area contributed by atoms with E-state index in [1.54, 1.807) is 0 Å². The molecule has 0 unspecified atom stereocenters. The average Bonchev–Trinajstić information content (AvgIpc) is 3.97. The van der Waals surface area contributed by atoms with Crippen LogP contribution in [0.1, 0.15) is 52.7 Å². The maximum absolute atomic E-state index is 2.47. The first kappa shape index (κ1) is 39.4. The molecule has 0 saturated heterocycles. The highest BCUT2D eigenvalue weighted by molar-refractivity contribution is 7.25.